The lowest BCUT2D eigenvalue weighted by atomic mass is 10.0. The van der Waals surface area contributed by atoms with Gasteiger partial charge in [0, 0.05) is 26.1 Å². The molecule has 0 heterocycles. The van der Waals surface area contributed by atoms with Crippen molar-refractivity contribution in [3.63, 3.8) is 0 Å². The van der Waals surface area contributed by atoms with E-state index < -0.39 is 0 Å². The molecule has 2 aromatic rings. The Bertz CT molecular complexity index is 634. The van der Waals surface area contributed by atoms with Crippen molar-refractivity contribution in [3.05, 3.63) is 60.2 Å². The molecule has 0 radical (unpaired) electrons. The minimum atomic E-state index is 0.130. The quantitative estimate of drug-likeness (QED) is 0.919. The predicted octanol–water partition coefficient (Wildman–Crippen LogP) is 2.89. The largest absolute Gasteiger partial charge is 0.348 e. The predicted molar refractivity (Wildman–Crippen MR) is 89.7 cm³/mol. The van der Waals surface area contributed by atoms with Crippen molar-refractivity contribution in [2.24, 2.45) is 0 Å². The standard InChI is InChI=1S/C19H22N2O/c1-21(2)19(22)13-20-18-12-17(18)16-10-8-15(9-11-16)14-6-4-3-5-7-14/h3-11,17-18,20H,12-13H2,1-2H3. The Kier molecular flexibility index (Phi) is 4.25. The average molecular weight is 294 g/mol. The molecule has 1 fully saturated rings. The first-order chi connectivity index (χ1) is 10.6. The van der Waals surface area contributed by atoms with E-state index in [2.05, 4.69) is 53.8 Å². The molecule has 1 aliphatic rings. The van der Waals surface area contributed by atoms with Gasteiger partial charge in [0.05, 0.1) is 6.54 Å². The number of hydrogen-bond donors (Lipinski definition) is 1. The van der Waals surface area contributed by atoms with E-state index in [0.717, 1.165) is 6.42 Å². The monoisotopic (exact) mass is 294 g/mol. The van der Waals surface area contributed by atoms with Crippen LogP contribution < -0.4 is 5.32 Å². The minimum absolute atomic E-state index is 0.130. The van der Waals surface area contributed by atoms with Gasteiger partial charge in [0.2, 0.25) is 5.91 Å². The number of benzene rings is 2. The van der Waals surface area contributed by atoms with E-state index in [0.29, 0.717) is 18.5 Å². The second-order valence-corrected chi connectivity index (χ2v) is 6.11. The first-order valence-electron chi connectivity index (χ1n) is 7.74. The molecule has 0 spiro atoms. The van der Waals surface area contributed by atoms with Crippen molar-refractivity contribution in [2.45, 2.75) is 18.4 Å². The molecule has 3 heteroatoms. The number of rotatable bonds is 5. The number of hydrogen-bond acceptors (Lipinski definition) is 2. The van der Waals surface area contributed by atoms with Gasteiger partial charge in [-0.15, -0.1) is 0 Å². The van der Waals surface area contributed by atoms with E-state index >= 15 is 0 Å². The molecule has 1 aliphatic carbocycles. The van der Waals surface area contributed by atoms with Gasteiger partial charge in [0.1, 0.15) is 0 Å². The summed E-state index contributed by atoms with van der Waals surface area (Å²) in [7, 11) is 3.58. The van der Waals surface area contributed by atoms with E-state index in [1.54, 1.807) is 19.0 Å². The lowest BCUT2D eigenvalue weighted by molar-refractivity contribution is -0.127. The van der Waals surface area contributed by atoms with Crippen LogP contribution in [0.15, 0.2) is 54.6 Å². The molecule has 3 nitrogen and oxygen atoms in total. The lowest BCUT2D eigenvalue weighted by Gasteiger charge is -2.11. The Labute approximate surface area is 132 Å². The van der Waals surface area contributed by atoms with Crippen LogP contribution in [0.25, 0.3) is 11.1 Å². The summed E-state index contributed by atoms with van der Waals surface area (Å²) < 4.78 is 0. The van der Waals surface area contributed by atoms with Crippen molar-refractivity contribution >= 4 is 5.91 Å². The Hall–Kier alpha value is -2.13. The van der Waals surface area contributed by atoms with Crippen LogP contribution in [0.3, 0.4) is 0 Å². The molecule has 0 aliphatic heterocycles. The summed E-state index contributed by atoms with van der Waals surface area (Å²) in [6, 6.07) is 19.6. The minimum Gasteiger partial charge on any atom is -0.348 e. The van der Waals surface area contributed by atoms with Crippen LogP contribution in [0.4, 0.5) is 0 Å². The molecule has 2 aromatic carbocycles. The molecule has 22 heavy (non-hydrogen) atoms. The van der Waals surface area contributed by atoms with Gasteiger partial charge in [-0.1, -0.05) is 54.6 Å². The summed E-state index contributed by atoms with van der Waals surface area (Å²) in [5, 5.41) is 3.34. The average Bonchev–Trinajstić information content (AvgIpc) is 3.33. The third-order valence-corrected chi connectivity index (χ3v) is 4.25. The molecule has 2 atom stereocenters. The summed E-state index contributed by atoms with van der Waals surface area (Å²) >= 11 is 0. The van der Waals surface area contributed by atoms with Crippen LogP contribution in [0.5, 0.6) is 0 Å². The maximum atomic E-state index is 11.6. The van der Waals surface area contributed by atoms with E-state index in [-0.39, 0.29) is 5.91 Å². The Morgan fingerprint density at radius 3 is 2.32 bits per heavy atom. The lowest BCUT2D eigenvalue weighted by Crippen LogP contribution is -2.34. The summed E-state index contributed by atoms with van der Waals surface area (Å²) in [5.74, 6) is 0.671. The molecule has 2 unspecified atom stereocenters. The van der Waals surface area contributed by atoms with Crippen LogP contribution in [-0.2, 0) is 4.79 Å². The fraction of sp³-hybridized carbons (Fsp3) is 0.316. The number of carbonyl (C=O) groups excluding carboxylic acids is 1. The Morgan fingerprint density at radius 2 is 1.68 bits per heavy atom. The second-order valence-electron chi connectivity index (χ2n) is 6.11. The zero-order valence-electron chi connectivity index (χ0n) is 13.1. The van der Waals surface area contributed by atoms with Gasteiger partial charge in [-0.25, -0.2) is 0 Å². The fourth-order valence-corrected chi connectivity index (χ4v) is 2.72. The van der Waals surface area contributed by atoms with Gasteiger partial charge in [0.25, 0.3) is 0 Å². The van der Waals surface area contributed by atoms with Crippen molar-refractivity contribution in [3.8, 4) is 11.1 Å². The molecule has 1 N–H and O–H groups in total. The van der Waals surface area contributed by atoms with Gasteiger partial charge in [-0.3, -0.25) is 4.79 Å². The highest BCUT2D eigenvalue weighted by atomic mass is 16.2. The summed E-state index contributed by atoms with van der Waals surface area (Å²) in [4.78, 5) is 13.2. The third-order valence-electron chi connectivity index (χ3n) is 4.25. The van der Waals surface area contributed by atoms with E-state index in [9.17, 15) is 4.79 Å². The van der Waals surface area contributed by atoms with Gasteiger partial charge in [0.15, 0.2) is 0 Å². The van der Waals surface area contributed by atoms with Crippen molar-refractivity contribution in [2.75, 3.05) is 20.6 Å². The van der Waals surface area contributed by atoms with Gasteiger partial charge in [-0.2, -0.15) is 0 Å². The first-order valence-corrected chi connectivity index (χ1v) is 7.74. The van der Waals surface area contributed by atoms with Crippen molar-refractivity contribution < 1.29 is 4.79 Å². The maximum absolute atomic E-state index is 11.6. The summed E-state index contributed by atoms with van der Waals surface area (Å²) in [6.07, 6.45) is 1.12. The number of nitrogens with one attached hydrogen (secondary N) is 1. The van der Waals surface area contributed by atoms with Gasteiger partial charge < -0.3 is 10.2 Å². The van der Waals surface area contributed by atoms with E-state index in [1.165, 1.54) is 16.7 Å². The highest BCUT2D eigenvalue weighted by Gasteiger charge is 2.38. The van der Waals surface area contributed by atoms with Crippen LogP contribution in [0, 0.1) is 0 Å². The zero-order chi connectivity index (χ0) is 15.5. The van der Waals surface area contributed by atoms with Crippen molar-refractivity contribution in [1.82, 2.24) is 10.2 Å². The summed E-state index contributed by atoms with van der Waals surface area (Å²) in [6.45, 7) is 0.427. The van der Waals surface area contributed by atoms with Crippen LogP contribution in [0.1, 0.15) is 17.9 Å². The second kappa shape index (κ2) is 6.32. The molecule has 3 rings (SSSR count). The zero-order valence-corrected chi connectivity index (χ0v) is 13.1. The summed E-state index contributed by atoms with van der Waals surface area (Å²) in [5.41, 5.74) is 3.85. The molecule has 114 valence electrons. The molecular formula is C19H22N2O. The maximum Gasteiger partial charge on any atom is 0.236 e. The van der Waals surface area contributed by atoms with Crippen LogP contribution in [0.2, 0.25) is 0 Å². The van der Waals surface area contributed by atoms with Gasteiger partial charge >= 0.3 is 0 Å². The van der Waals surface area contributed by atoms with E-state index in [4.69, 9.17) is 0 Å². The first kappa shape index (κ1) is 14.8. The normalized spacial score (nSPS) is 19.7. The highest BCUT2D eigenvalue weighted by Crippen LogP contribution is 2.41. The van der Waals surface area contributed by atoms with Crippen LogP contribution in [-0.4, -0.2) is 37.5 Å². The molecule has 0 saturated heterocycles. The topological polar surface area (TPSA) is 32.3 Å². The van der Waals surface area contributed by atoms with Gasteiger partial charge in [-0.05, 0) is 23.1 Å². The number of carbonyl (C=O) groups is 1. The number of nitrogens with zero attached hydrogens (tertiary/aromatic N) is 1. The SMILES string of the molecule is CN(C)C(=O)CNC1CC1c1ccc(-c2ccccc2)cc1. The van der Waals surface area contributed by atoms with E-state index in [1.807, 2.05) is 6.07 Å². The fourth-order valence-electron chi connectivity index (χ4n) is 2.72. The third kappa shape index (κ3) is 3.37. The smallest absolute Gasteiger partial charge is 0.236 e. The highest BCUT2D eigenvalue weighted by molar-refractivity contribution is 5.77. The van der Waals surface area contributed by atoms with Crippen molar-refractivity contribution in [1.29, 1.82) is 0 Å². The van der Waals surface area contributed by atoms with Crippen LogP contribution >= 0.6 is 0 Å². The molecule has 0 bridgehead atoms. The molecule has 1 saturated carbocycles. The Morgan fingerprint density at radius 1 is 1.05 bits per heavy atom. The molecular weight excluding hydrogens is 272 g/mol. The Balaban J connectivity index is 1.58. The number of likely N-dealkylation sites (N-methyl/N-ethyl adjacent to an activating group) is 1. The number of amides is 1. The molecule has 0 aromatic heterocycles. The molecule has 1 amide bonds.